The van der Waals surface area contributed by atoms with E-state index in [0.29, 0.717) is 6.04 Å². The highest BCUT2D eigenvalue weighted by atomic mass is 16.5. The van der Waals surface area contributed by atoms with E-state index in [1.54, 1.807) is 21.3 Å². The van der Waals surface area contributed by atoms with Crippen LogP contribution in [0.1, 0.15) is 12.8 Å². The lowest BCUT2D eigenvalue weighted by Crippen LogP contribution is -2.55. The minimum atomic E-state index is 0.512. The zero-order valence-corrected chi connectivity index (χ0v) is 12.8. The lowest BCUT2D eigenvalue weighted by atomic mass is 10.1. The fraction of sp³-hybridized carbons (Fsp3) is 1.00. The van der Waals surface area contributed by atoms with Crippen LogP contribution in [-0.2, 0) is 14.2 Å². The third kappa shape index (κ3) is 6.68. The molecule has 5 nitrogen and oxygen atoms in total. The Labute approximate surface area is 117 Å². The van der Waals surface area contributed by atoms with Crippen molar-refractivity contribution in [3.63, 3.8) is 0 Å². The quantitative estimate of drug-likeness (QED) is 0.548. The molecule has 0 aromatic heterocycles. The summed E-state index contributed by atoms with van der Waals surface area (Å²) in [5.41, 5.74) is 0. The lowest BCUT2D eigenvalue weighted by Gasteiger charge is -2.41. The summed E-state index contributed by atoms with van der Waals surface area (Å²) in [5.74, 6) is 0. The molecule has 5 heteroatoms. The number of piperazine rings is 1. The number of unbranched alkanes of at least 4 members (excludes halogenated alkanes) is 1. The first kappa shape index (κ1) is 16.9. The molecule has 0 aromatic carbocycles. The van der Waals surface area contributed by atoms with Crippen LogP contribution in [0.15, 0.2) is 0 Å². The second-order valence-electron chi connectivity index (χ2n) is 5.14. The molecule has 19 heavy (non-hydrogen) atoms. The Balaban J connectivity index is 2.30. The molecule has 1 aliphatic rings. The van der Waals surface area contributed by atoms with Crippen molar-refractivity contribution in [3.05, 3.63) is 0 Å². The van der Waals surface area contributed by atoms with Crippen molar-refractivity contribution in [2.24, 2.45) is 0 Å². The summed E-state index contributed by atoms with van der Waals surface area (Å²) in [6, 6.07) is 0.512. The summed E-state index contributed by atoms with van der Waals surface area (Å²) in [5, 5.41) is 0. The monoisotopic (exact) mass is 274 g/mol. The van der Waals surface area contributed by atoms with Gasteiger partial charge in [-0.15, -0.1) is 0 Å². The predicted molar refractivity (Wildman–Crippen MR) is 76.7 cm³/mol. The van der Waals surface area contributed by atoms with E-state index in [0.717, 1.165) is 59.0 Å². The van der Waals surface area contributed by atoms with E-state index in [9.17, 15) is 0 Å². The van der Waals surface area contributed by atoms with E-state index in [2.05, 4.69) is 9.80 Å². The van der Waals surface area contributed by atoms with E-state index in [-0.39, 0.29) is 0 Å². The first-order chi connectivity index (χ1) is 9.31. The molecule has 0 bridgehead atoms. The van der Waals surface area contributed by atoms with Gasteiger partial charge in [-0.2, -0.15) is 0 Å². The number of rotatable bonds is 10. The lowest BCUT2D eigenvalue weighted by molar-refractivity contribution is 0.0153. The second kappa shape index (κ2) is 10.6. The van der Waals surface area contributed by atoms with Gasteiger partial charge in [-0.1, -0.05) is 0 Å². The summed E-state index contributed by atoms with van der Waals surface area (Å²) >= 11 is 0. The summed E-state index contributed by atoms with van der Waals surface area (Å²) < 4.78 is 15.6. The Morgan fingerprint density at radius 3 is 2.37 bits per heavy atom. The van der Waals surface area contributed by atoms with Crippen LogP contribution >= 0.6 is 0 Å². The van der Waals surface area contributed by atoms with Crippen molar-refractivity contribution in [2.75, 3.05) is 73.9 Å². The maximum atomic E-state index is 5.37. The van der Waals surface area contributed by atoms with Gasteiger partial charge < -0.3 is 14.2 Å². The van der Waals surface area contributed by atoms with Gasteiger partial charge in [0.2, 0.25) is 0 Å². The highest BCUT2D eigenvalue weighted by Crippen LogP contribution is 2.11. The normalized spacial score (nSPS) is 21.9. The highest BCUT2D eigenvalue weighted by molar-refractivity contribution is 4.82. The van der Waals surface area contributed by atoms with Gasteiger partial charge in [-0.3, -0.25) is 9.80 Å². The maximum absolute atomic E-state index is 5.37. The summed E-state index contributed by atoms with van der Waals surface area (Å²) in [6.07, 6.45) is 2.34. The van der Waals surface area contributed by atoms with Crippen LogP contribution in [-0.4, -0.2) is 89.7 Å². The van der Waals surface area contributed by atoms with E-state index in [1.165, 1.54) is 6.42 Å². The summed E-state index contributed by atoms with van der Waals surface area (Å²) in [4.78, 5) is 5.03. The first-order valence-electron chi connectivity index (χ1n) is 7.25. The van der Waals surface area contributed by atoms with Crippen LogP contribution in [0.4, 0.5) is 0 Å². The van der Waals surface area contributed by atoms with E-state index >= 15 is 0 Å². The van der Waals surface area contributed by atoms with Crippen molar-refractivity contribution in [1.82, 2.24) is 9.80 Å². The highest BCUT2D eigenvalue weighted by Gasteiger charge is 2.26. The SMILES string of the molecule is COCCCCN1CCN(CCOC)CC1COC. The van der Waals surface area contributed by atoms with Gasteiger partial charge in [0.25, 0.3) is 0 Å². The average molecular weight is 274 g/mol. The Kier molecular flexibility index (Phi) is 9.38. The zero-order chi connectivity index (χ0) is 13.9. The molecule has 0 amide bonds. The molecule has 1 saturated heterocycles. The average Bonchev–Trinajstić information content (AvgIpc) is 2.43. The van der Waals surface area contributed by atoms with Crippen LogP contribution in [0.25, 0.3) is 0 Å². The Morgan fingerprint density at radius 1 is 0.895 bits per heavy atom. The van der Waals surface area contributed by atoms with Crippen LogP contribution in [0.2, 0.25) is 0 Å². The Hall–Kier alpha value is -0.200. The van der Waals surface area contributed by atoms with Crippen molar-refractivity contribution >= 4 is 0 Å². The van der Waals surface area contributed by atoms with Crippen molar-refractivity contribution in [3.8, 4) is 0 Å². The van der Waals surface area contributed by atoms with Crippen LogP contribution in [0.3, 0.4) is 0 Å². The predicted octanol–water partition coefficient (Wildman–Crippen LogP) is 0.692. The standard InChI is InChI=1S/C14H30N2O3/c1-17-10-5-4-6-16-8-7-15(9-11-18-2)12-14(16)13-19-3/h14H,4-13H2,1-3H3. The third-order valence-corrected chi connectivity index (χ3v) is 3.70. The van der Waals surface area contributed by atoms with Crippen molar-refractivity contribution in [1.29, 1.82) is 0 Å². The van der Waals surface area contributed by atoms with Crippen LogP contribution in [0, 0.1) is 0 Å². The Morgan fingerprint density at radius 2 is 1.68 bits per heavy atom. The number of methoxy groups -OCH3 is 3. The fourth-order valence-corrected chi connectivity index (χ4v) is 2.59. The molecule has 1 aliphatic heterocycles. The van der Waals surface area contributed by atoms with Crippen molar-refractivity contribution in [2.45, 2.75) is 18.9 Å². The van der Waals surface area contributed by atoms with Gasteiger partial charge in [0.15, 0.2) is 0 Å². The van der Waals surface area contributed by atoms with Gasteiger partial charge >= 0.3 is 0 Å². The van der Waals surface area contributed by atoms with Crippen molar-refractivity contribution < 1.29 is 14.2 Å². The molecule has 1 fully saturated rings. The molecule has 0 spiro atoms. The largest absolute Gasteiger partial charge is 0.385 e. The molecule has 0 aromatic rings. The molecular formula is C14H30N2O3. The third-order valence-electron chi connectivity index (χ3n) is 3.70. The van der Waals surface area contributed by atoms with Gasteiger partial charge in [0.05, 0.1) is 13.2 Å². The summed E-state index contributed by atoms with van der Waals surface area (Å²) in [6.45, 7) is 8.01. The smallest absolute Gasteiger partial charge is 0.0630 e. The molecule has 1 unspecified atom stereocenters. The molecule has 0 radical (unpaired) electrons. The summed E-state index contributed by atoms with van der Waals surface area (Å²) in [7, 11) is 5.32. The van der Waals surface area contributed by atoms with Crippen LogP contribution < -0.4 is 0 Å². The van der Waals surface area contributed by atoms with Gasteiger partial charge in [-0.05, 0) is 19.4 Å². The van der Waals surface area contributed by atoms with E-state index < -0.39 is 0 Å². The molecule has 1 heterocycles. The van der Waals surface area contributed by atoms with E-state index in [1.807, 2.05) is 0 Å². The molecule has 0 N–H and O–H groups in total. The first-order valence-corrected chi connectivity index (χ1v) is 7.25. The van der Waals surface area contributed by atoms with Crippen LogP contribution in [0.5, 0.6) is 0 Å². The number of hydrogen-bond acceptors (Lipinski definition) is 5. The van der Waals surface area contributed by atoms with Gasteiger partial charge in [-0.25, -0.2) is 0 Å². The fourth-order valence-electron chi connectivity index (χ4n) is 2.59. The maximum Gasteiger partial charge on any atom is 0.0630 e. The number of nitrogens with zero attached hydrogens (tertiary/aromatic N) is 2. The minimum absolute atomic E-state index is 0.512. The molecular weight excluding hydrogens is 244 g/mol. The second-order valence-corrected chi connectivity index (χ2v) is 5.14. The molecule has 114 valence electrons. The topological polar surface area (TPSA) is 34.2 Å². The minimum Gasteiger partial charge on any atom is -0.385 e. The molecule has 0 aliphatic carbocycles. The van der Waals surface area contributed by atoms with Gasteiger partial charge in [0.1, 0.15) is 0 Å². The number of ether oxygens (including phenoxy) is 3. The molecule has 0 saturated carbocycles. The van der Waals surface area contributed by atoms with Gasteiger partial charge in [0, 0.05) is 60.2 Å². The molecule has 1 atom stereocenters. The molecule has 1 rings (SSSR count). The van der Waals surface area contributed by atoms with E-state index in [4.69, 9.17) is 14.2 Å². The Bertz CT molecular complexity index is 217. The number of hydrogen-bond donors (Lipinski definition) is 0. The zero-order valence-electron chi connectivity index (χ0n) is 12.8.